The molecule has 1 aliphatic carbocycles. The number of aryl methyl sites for hydroxylation is 2. The van der Waals surface area contributed by atoms with Crippen molar-refractivity contribution in [1.29, 1.82) is 0 Å². The van der Waals surface area contributed by atoms with Crippen LogP contribution in [0.4, 0.5) is 0 Å². The van der Waals surface area contributed by atoms with Crippen LogP contribution in [-0.4, -0.2) is 33.7 Å². The highest BCUT2D eigenvalue weighted by molar-refractivity contribution is 8.00. The van der Waals surface area contributed by atoms with E-state index >= 15 is 0 Å². The van der Waals surface area contributed by atoms with Gasteiger partial charge in [0, 0.05) is 16.8 Å². The molecule has 0 atom stereocenters. The minimum atomic E-state index is -0.187. The molecule has 1 fully saturated rings. The maximum Gasteiger partial charge on any atom is 0.230 e. The van der Waals surface area contributed by atoms with Gasteiger partial charge < -0.3 is 11.1 Å². The fourth-order valence-electron chi connectivity index (χ4n) is 3.16. The second-order valence-electron chi connectivity index (χ2n) is 6.17. The van der Waals surface area contributed by atoms with Gasteiger partial charge in [0.25, 0.3) is 0 Å². The van der Waals surface area contributed by atoms with E-state index in [1.165, 1.54) is 22.2 Å². The van der Waals surface area contributed by atoms with Crippen molar-refractivity contribution < 1.29 is 4.79 Å². The van der Waals surface area contributed by atoms with E-state index in [0.717, 1.165) is 40.9 Å². The quantitative estimate of drug-likeness (QED) is 0.640. The monoisotopic (exact) mass is 350 g/mol. The number of hydrogen-bond donors (Lipinski definition) is 2. The van der Waals surface area contributed by atoms with Gasteiger partial charge in [0.15, 0.2) is 0 Å². The van der Waals surface area contributed by atoms with Gasteiger partial charge >= 0.3 is 0 Å². The third-order valence-corrected chi connectivity index (χ3v) is 6.73. The highest BCUT2D eigenvalue weighted by Gasteiger charge is 2.33. The van der Waals surface area contributed by atoms with Crippen LogP contribution in [0.1, 0.15) is 36.1 Å². The molecule has 3 rings (SSSR count). The number of nitrogens with two attached hydrogens (primary N) is 1. The standard InChI is InChI=1S/C16H22N4OS2/c1-10-11(2)23-15-13(10)14(18-9-19-15)22-7-12(21)20-16(8-17)5-3-4-6-16/h9H,3-8,17H2,1-2H3,(H,20,21). The lowest BCUT2D eigenvalue weighted by Gasteiger charge is -2.28. The van der Waals surface area contributed by atoms with E-state index < -0.39 is 0 Å². The van der Waals surface area contributed by atoms with E-state index in [2.05, 4.69) is 29.1 Å². The van der Waals surface area contributed by atoms with Gasteiger partial charge in [-0.25, -0.2) is 9.97 Å². The molecular formula is C16H22N4OS2. The van der Waals surface area contributed by atoms with E-state index in [9.17, 15) is 4.79 Å². The van der Waals surface area contributed by atoms with Crippen molar-refractivity contribution in [3.8, 4) is 0 Å². The molecule has 0 unspecified atom stereocenters. The molecule has 2 heterocycles. The highest BCUT2D eigenvalue weighted by atomic mass is 32.2. The summed E-state index contributed by atoms with van der Waals surface area (Å²) in [6.45, 7) is 4.70. The summed E-state index contributed by atoms with van der Waals surface area (Å²) in [7, 11) is 0. The largest absolute Gasteiger partial charge is 0.349 e. The Morgan fingerprint density at radius 1 is 1.39 bits per heavy atom. The zero-order chi connectivity index (χ0) is 16.4. The smallest absolute Gasteiger partial charge is 0.230 e. The Balaban J connectivity index is 1.70. The molecular weight excluding hydrogens is 328 g/mol. The van der Waals surface area contributed by atoms with Crippen LogP contribution in [0.3, 0.4) is 0 Å². The predicted molar refractivity (Wildman–Crippen MR) is 96.0 cm³/mol. The first-order chi connectivity index (χ1) is 11.0. The third kappa shape index (κ3) is 3.36. The lowest BCUT2D eigenvalue weighted by atomic mass is 9.98. The van der Waals surface area contributed by atoms with Crippen LogP contribution in [0.2, 0.25) is 0 Å². The van der Waals surface area contributed by atoms with E-state index in [1.807, 2.05) is 0 Å². The summed E-state index contributed by atoms with van der Waals surface area (Å²) in [5, 5.41) is 5.13. The number of hydrogen-bond acceptors (Lipinski definition) is 6. The summed E-state index contributed by atoms with van der Waals surface area (Å²) in [5.74, 6) is 0.404. The summed E-state index contributed by atoms with van der Waals surface area (Å²) in [4.78, 5) is 23.3. The fourth-order valence-corrected chi connectivity index (χ4v) is 5.07. The van der Waals surface area contributed by atoms with Crippen molar-refractivity contribution in [2.45, 2.75) is 50.1 Å². The number of aromatic nitrogens is 2. The molecule has 1 aliphatic rings. The Kier molecular flexibility index (Phi) is 4.89. The highest BCUT2D eigenvalue weighted by Crippen LogP contribution is 2.34. The summed E-state index contributed by atoms with van der Waals surface area (Å²) in [6.07, 6.45) is 5.84. The molecule has 3 N–H and O–H groups in total. The zero-order valence-corrected chi connectivity index (χ0v) is 15.1. The van der Waals surface area contributed by atoms with Crippen molar-refractivity contribution in [2.24, 2.45) is 5.73 Å². The summed E-state index contributed by atoms with van der Waals surface area (Å²) in [6, 6.07) is 0. The number of carbonyl (C=O) groups is 1. The van der Waals surface area contributed by atoms with Crippen molar-refractivity contribution in [3.05, 3.63) is 16.8 Å². The molecule has 0 radical (unpaired) electrons. The maximum atomic E-state index is 12.3. The predicted octanol–water partition coefficient (Wildman–Crippen LogP) is 2.79. The number of nitrogens with one attached hydrogen (secondary N) is 1. The van der Waals surface area contributed by atoms with Gasteiger partial charge in [-0.3, -0.25) is 4.79 Å². The Hall–Kier alpha value is -1.18. The van der Waals surface area contributed by atoms with Gasteiger partial charge in [-0.1, -0.05) is 24.6 Å². The van der Waals surface area contributed by atoms with Gasteiger partial charge in [0.2, 0.25) is 5.91 Å². The number of thiophene rings is 1. The van der Waals surface area contributed by atoms with Crippen LogP contribution in [-0.2, 0) is 4.79 Å². The second kappa shape index (κ2) is 6.75. The molecule has 1 amide bonds. The normalized spacial score (nSPS) is 16.8. The van der Waals surface area contributed by atoms with Gasteiger partial charge in [0.1, 0.15) is 16.2 Å². The average Bonchev–Trinajstić information content (AvgIpc) is 3.12. The van der Waals surface area contributed by atoms with E-state index in [1.54, 1.807) is 17.7 Å². The minimum absolute atomic E-state index is 0.0405. The van der Waals surface area contributed by atoms with Crippen LogP contribution < -0.4 is 11.1 Å². The van der Waals surface area contributed by atoms with Gasteiger partial charge in [0.05, 0.1) is 11.3 Å². The van der Waals surface area contributed by atoms with E-state index in [0.29, 0.717) is 12.3 Å². The van der Waals surface area contributed by atoms with Gasteiger partial charge in [-0.2, -0.15) is 0 Å². The van der Waals surface area contributed by atoms with Crippen molar-refractivity contribution >= 4 is 39.2 Å². The molecule has 23 heavy (non-hydrogen) atoms. The zero-order valence-electron chi connectivity index (χ0n) is 13.5. The SMILES string of the molecule is Cc1sc2ncnc(SCC(=O)NC3(CN)CCCC3)c2c1C. The van der Waals surface area contributed by atoms with Crippen LogP contribution in [0, 0.1) is 13.8 Å². The molecule has 2 aromatic heterocycles. The van der Waals surface area contributed by atoms with Gasteiger partial charge in [-0.15, -0.1) is 11.3 Å². The van der Waals surface area contributed by atoms with E-state index in [4.69, 9.17) is 5.73 Å². The number of thioether (sulfide) groups is 1. The molecule has 5 nitrogen and oxygen atoms in total. The first-order valence-electron chi connectivity index (χ1n) is 7.89. The van der Waals surface area contributed by atoms with Crippen LogP contribution >= 0.6 is 23.1 Å². The molecule has 0 aromatic carbocycles. The third-order valence-electron chi connectivity index (χ3n) is 4.63. The summed E-state index contributed by atoms with van der Waals surface area (Å²) >= 11 is 3.16. The number of carbonyl (C=O) groups excluding carboxylic acids is 1. The van der Waals surface area contributed by atoms with Crippen molar-refractivity contribution in [1.82, 2.24) is 15.3 Å². The fraction of sp³-hybridized carbons (Fsp3) is 0.562. The minimum Gasteiger partial charge on any atom is -0.349 e. The van der Waals surface area contributed by atoms with Crippen LogP contribution in [0.15, 0.2) is 11.4 Å². The number of rotatable bonds is 5. The Morgan fingerprint density at radius 2 is 2.13 bits per heavy atom. The second-order valence-corrected chi connectivity index (χ2v) is 8.34. The molecule has 124 valence electrons. The topological polar surface area (TPSA) is 80.9 Å². The molecule has 0 aliphatic heterocycles. The Labute approximate surface area is 144 Å². The number of fused-ring (bicyclic) bond motifs is 1. The van der Waals surface area contributed by atoms with Gasteiger partial charge in [-0.05, 0) is 32.3 Å². The van der Waals surface area contributed by atoms with Crippen LogP contribution in [0.5, 0.6) is 0 Å². The van der Waals surface area contributed by atoms with E-state index in [-0.39, 0.29) is 11.4 Å². The summed E-state index contributed by atoms with van der Waals surface area (Å²) in [5.41, 5.74) is 6.90. The molecule has 0 saturated heterocycles. The first-order valence-corrected chi connectivity index (χ1v) is 9.69. The lowest BCUT2D eigenvalue weighted by molar-refractivity contribution is -0.120. The van der Waals surface area contributed by atoms with Crippen molar-refractivity contribution in [3.63, 3.8) is 0 Å². The molecule has 0 bridgehead atoms. The van der Waals surface area contributed by atoms with Crippen molar-refractivity contribution in [2.75, 3.05) is 12.3 Å². The Bertz CT molecular complexity index is 722. The molecule has 7 heteroatoms. The number of amides is 1. The molecule has 2 aromatic rings. The lowest BCUT2D eigenvalue weighted by Crippen LogP contribution is -2.52. The number of nitrogens with zero attached hydrogens (tertiary/aromatic N) is 2. The first kappa shape index (κ1) is 16.7. The average molecular weight is 351 g/mol. The molecule has 0 spiro atoms. The summed E-state index contributed by atoms with van der Waals surface area (Å²) < 4.78 is 0. The Morgan fingerprint density at radius 3 is 2.83 bits per heavy atom. The maximum absolute atomic E-state index is 12.3. The molecule has 1 saturated carbocycles. The van der Waals surface area contributed by atoms with Crippen LogP contribution in [0.25, 0.3) is 10.2 Å².